The molecular weight excluding hydrogens is 262 g/mol. The number of fused-ring (bicyclic) bond motifs is 1. The van der Waals surface area contributed by atoms with Crippen LogP contribution in [0.3, 0.4) is 0 Å². The zero-order valence-electron chi connectivity index (χ0n) is 12.4. The minimum atomic E-state index is 0.697. The SMILES string of the molecule is Cc1noc(C)c1CCCOc1ccc2ccccc2c1. The van der Waals surface area contributed by atoms with Gasteiger partial charge in [-0.05, 0) is 49.6 Å². The van der Waals surface area contributed by atoms with Crippen LogP contribution in [0.5, 0.6) is 5.75 Å². The molecule has 0 saturated carbocycles. The number of aryl methyl sites for hydroxylation is 2. The van der Waals surface area contributed by atoms with Gasteiger partial charge in [0.25, 0.3) is 0 Å². The van der Waals surface area contributed by atoms with Gasteiger partial charge in [-0.25, -0.2) is 0 Å². The highest BCUT2D eigenvalue weighted by atomic mass is 16.5. The van der Waals surface area contributed by atoms with E-state index in [0.717, 1.165) is 30.0 Å². The molecule has 3 nitrogen and oxygen atoms in total. The van der Waals surface area contributed by atoms with Crippen molar-refractivity contribution in [2.45, 2.75) is 26.7 Å². The first-order chi connectivity index (χ1) is 10.2. The van der Waals surface area contributed by atoms with Gasteiger partial charge in [-0.15, -0.1) is 0 Å². The smallest absolute Gasteiger partial charge is 0.137 e. The van der Waals surface area contributed by atoms with Crippen molar-refractivity contribution in [3.63, 3.8) is 0 Å². The summed E-state index contributed by atoms with van der Waals surface area (Å²) in [6.45, 7) is 4.64. The highest BCUT2D eigenvalue weighted by molar-refractivity contribution is 5.83. The Kier molecular flexibility index (Phi) is 3.91. The summed E-state index contributed by atoms with van der Waals surface area (Å²) in [6, 6.07) is 14.5. The molecule has 0 bridgehead atoms. The molecule has 0 aliphatic heterocycles. The van der Waals surface area contributed by atoms with E-state index in [1.54, 1.807) is 0 Å². The quantitative estimate of drug-likeness (QED) is 0.648. The first kappa shape index (κ1) is 13.7. The highest BCUT2D eigenvalue weighted by Crippen LogP contribution is 2.21. The third kappa shape index (κ3) is 3.07. The molecule has 3 heteroatoms. The summed E-state index contributed by atoms with van der Waals surface area (Å²) in [5, 5.41) is 6.42. The Morgan fingerprint density at radius 2 is 1.86 bits per heavy atom. The molecule has 108 valence electrons. The molecule has 3 aromatic rings. The van der Waals surface area contributed by atoms with Crippen LogP contribution in [-0.4, -0.2) is 11.8 Å². The average Bonchev–Trinajstić information content (AvgIpc) is 2.83. The molecule has 1 heterocycles. The predicted octanol–water partition coefficient (Wildman–Crippen LogP) is 4.46. The summed E-state index contributed by atoms with van der Waals surface area (Å²) in [7, 11) is 0. The van der Waals surface area contributed by atoms with Crippen LogP contribution >= 0.6 is 0 Å². The lowest BCUT2D eigenvalue weighted by atomic mass is 10.1. The van der Waals surface area contributed by atoms with Crippen LogP contribution < -0.4 is 4.74 Å². The molecule has 0 saturated heterocycles. The van der Waals surface area contributed by atoms with E-state index in [1.165, 1.54) is 16.3 Å². The van der Waals surface area contributed by atoms with Gasteiger partial charge in [-0.2, -0.15) is 0 Å². The molecule has 21 heavy (non-hydrogen) atoms. The van der Waals surface area contributed by atoms with E-state index in [1.807, 2.05) is 32.0 Å². The maximum Gasteiger partial charge on any atom is 0.137 e. The van der Waals surface area contributed by atoms with Gasteiger partial charge in [0, 0.05) is 5.56 Å². The minimum absolute atomic E-state index is 0.697. The minimum Gasteiger partial charge on any atom is -0.494 e. The van der Waals surface area contributed by atoms with Gasteiger partial charge < -0.3 is 9.26 Å². The third-order valence-electron chi connectivity index (χ3n) is 3.74. The maximum absolute atomic E-state index is 5.84. The maximum atomic E-state index is 5.84. The molecule has 0 radical (unpaired) electrons. The van der Waals surface area contributed by atoms with Crippen LogP contribution in [0.25, 0.3) is 10.8 Å². The molecule has 0 spiro atoms. The summed E-state index contributed by atoms with van der Waals surface area (Å²) < 4.78 is 11.0. The van der Waals surface area contributed by atoms with E-state index < -0.39 is 0 Å². The lowest BCUT2D eigenvalue weighted by Crippen LogP contribution is -2.00. The fourth-order valence-corrected chi connectivity index (χ4v) is 2.55. The highest BCUT2D eigenvalue weighted by Gasteiger charge is 2.08. The molecule has 0 atom stereocenters. The molecule has 1 aromatic heterocycles. The third-order valence-corrected chi connectivity index (χ3v) is 3.74. The fraction of sp³-hybridized carbons (Fsp3) is 0.278. The van der Waals surface area contributed by atoms with Crippen LogP contribution in [0.15, 0.2) is 47.0 Å². The van der Waals surface area contributed by atoms with E-state index in [4.69, 9.17) is 9.26 Å². The molecule has 0 fully saturated rings. The van der Waals surface area contributed by atoms with Gasteiger partial charge in [0.1, 0.15) is 11.5 Å². The fourth-order valence-electron chi connectivity index (χ4n) is 2.55. The van der Waals surface area contributed by atoms with Gasteiger partial charge in [0.2, 0.25) is 0 Å². The molecule has 3 rings (SSSR count). The second-order valence-electron chi connectivity index (χ2n) is 5.26. The van der Waals surface area contributed by atoms with Crippen LogP contribution in [0.2, 0.25) is 0 Å². The van der Waals surface area contributed by atoms with Crippen molar-refractivity contribution >= 4 is 10.8 Å². The van der Waals surface area contributed by atoms with Crippen molar-refractivity contribution in [2.24, 2.45) is 0 Å². The van der Waals surface area contributed by atoms with E-state index in [0.29, 0.717) is 6.61 Å². The van der Waals surface area contributed by atoms with Gasteiger partial charge >= 0.3 is 0 Å². The van der Waals surface area contributed by atoms with Crippen molar-refractivity contribution < 1.29 is 9.26 Å². The number of hydrogen-bond donors (Lipinski definition) is 0. The summed E-state index contributed by atoms with van der Waals surface area (Å²) in [5.74, 6) is 1.84. The number of nitrogens with zero attached hydrogens (tertiary/aromatic N) is 1. The Morgan fingerprint density at radius 3 is 2.62 bits per heavy atom. The van der Waals surface area contributed by atoms with E-state index in [2.05, 4.69) is 29.4 Å². The van der Waals surface area contributed by atoms with Gasteiger partial charge in [0.05, 0.1) is 12.3 Å². The monoisotopic (exact) mass is 281 g/mol. The van der Waals surface area contributed by atoms with Crippen molar-refractivity contribution in [3.05, 3.63) is 59.5 Å². The summed E-state index contributed by atoms with van der Waals surface area (Å²) in [6.07, 6.45) is 1.89. The second-order valence-corrected chi connectivity index (χ2v) is 5.26. The number of aromatic nitrogens is 1. The average molecular weight is 281 g/mol. The zero-order chi connectivity index (χ0) is 14.7. The Labute approximate surface area is 124 Å². The van der Waals surface area contributed by atoms with Crippen molar-refractivity contribution in [1.29, 1.82) is 0 Å². The Balaban J connectivity index is 1.57. The number of rotatable bonds is 5. The topological polar surface area (TPSA) is 35.3 Å². The molecule has 2 aromatic carbocycles. The summed E-state index contributed by atoms with van der Waals surface area (Å²) in [4.78, 5) is 0. The number of hydrogen-bond acceptors (Lipinski definition) is 3. The van der Waals surface area contributed by atoms with E-state index in [9.17, 15) is 0 Å². The first-order valence-corrected chi connectivity index (χ1v) is 7.27. The normalized spacial score (nSPS) is 11.0. The van der Waals surface area contributed by atoms with Crippen molar-refractivity contribution in [2.75, 3.05) is 6.61 Å². The van der Waals surface area contributed by atoms with Crippen molar-refractivity contribution in [1.82, 2.24) is 5.16 Å². The van der Waals surface area contributed by atoms with E-state index >= 15 is 0 Å². The second kappa shape index (κ2) is 6.00. The van der Waals surface area contributed by atoms with Crippen LogP contribution in [0, 0.1) is 13.8 Å². The lowest BCUT2D eigenvalue weighted by Gasteiger charge is -2.07. The van der Waals surface area contributed by atoms with Crippen LogP contribution in [0.1, 0.15) is 23.4 Å². The van der Waals surface area contributed by atoms with Gasteiger partial charge in [-0.1, -0.05) is 35.5 Å². The Bertz CT molecular complexity index is 726. The first-order valence-electron chi connectivity index (χ1n) is 7.27. The van der Waals surface area contributed by atoms with Crippen LogP contribution in [-0.2, 0) is 6.42 Å². The predicted molar refractivity (Wildman–Crippen MR) is 83.7 cm³/mol. The Hall–Kier alpha value is -2.29. The van der Waals surface area contributed by atoms with Crippen LogP contribution in [0.4, 0.5) is 0 Å². The molecule has 0 aliphatic carbocycles. The summed E-state index contributed by atoms with van der Waals surface area (Å²) >= 11 is 0. The number of benzene rings is 2. The molecule has 0 N–H and O–H groups in total. The lowest BCUT2D eigenvalue weighted by molar-refractivity contribution is 0.311. The summed E-state index contributed by atoms with van der Waals surface area (Å²) in [5.41, 5.74) is 2.19. The Morgan fingerprint density at radius 1 is 1.05 bits per heavy atom. The van der Waals surface area contributed by atoms with Gasteiger partial charge in [0.15, 0.2) is 0 Å². The number of ether oxygens (including phenoxy) is 1. The molecule has 0 amide bonds. The van der Waals surface area contributed by atoms with E-state index in [-0.39, 0.29) is 0 Å². The molecule has 0 unspecified atom stereocenters. The van der Waals surface area contributed by atoms with Gasteiger partial charge in [-0.3, -0.25) is 0 Å². The molecular formula is C18H19NO2. The largest absolute Gasteiger partial charge is 0.494 e. The van der Waals surface area contributed by atoms with Crippen molar-refractivity contribution in [3.8, 4) is 5.75 Å². The molecule has 0 aliphatic rings. The standard InChI is InChI=1S/C18H19NO2/c1-13-18(14(2)21-19-13)8-5-11-20-17-10-9-15-6-3-4-7-16(15)12-17/h3-4,6-7,9-10,12H,5,8,11H2,1-2H3. The zero-order valence-corrected chi connectivity index (χ0v) is 12.4.